The van der Waals surface area contributed by atoms with Crippen LogP contribution in [0.25, 0.3) is 22.0 Å². The van der Waals surface area contributed by atoms with Crippen molar-refractivity contribution in [1.82, 2.24) is 4.98 Å². The molecule has 0 bridgehead atoms. The fraction of sp³-hybridized carbons (Fsp3) is 0.118. The summed E-state index contributed by atoms with van der Waals surface area (Å²) in [5, 5.41) is 3.92. The van der Waals surface area contributed by atoms with Crippen molar-refractivity contribution in [2.24, 2.45) is 0 Å². The lowest BCUT2D eigenvalue weighted by Crippen LogP contribution is -2.11. The molecule has 2 aromatic carbocycles. The Kier molecular flexibility index (Phi) is 3.60. The van der Waals surface area contributed by atoms with Gasteiger partial charge in [-0.25, -0.2) is 0 Å². The van der Waals surface area contributed by atoms with Crippen molar-refractivity contribution in [2.45, 2.75) is 6.18 Å². The van der Waals surface area contributed by atoms with E-state index in [1.54, 1.807) is 31.3 Å². The van der Waals surface area contributed by atoms with Crippen LogP contribution < -0.4 is 10.9 Å². The minimum atomic E-state index is -4.49. The summed E-state index contributed by atoms with van der Waals surface area (Å²) in [7, 11) is 1.73. The first-order valence-electron chi connectivity index (χ1n) is 6.91. The quantitative estimate of drug-likeness (QED) is 0.742. The van der Waals surface area contributed by atoms with Gasteiger partial charge in [0, 0.05) is 29.4 Å². The molecule has 1 aromatic heterocycles. The molecule has 3 nitrogen and oxygen atoms in total. The predicted molar refractivity (Wildman–Crippen MR) is 84.6 cm³/mol. The number of alkyl halides is 3. The van der Waals surface area contributed by atoms with Crippen molar-refractivity contribution in [2.75, 3.05) is 12.4 Å². The number of anilines is 1. The van der Waals surface area contributed by atoms with Crippen LogP contribution in [0.15, 0.2) is 53.3 Å². The molecule has 0 fully saturated rings. The number of rotatable bonds is 2. The van der Waals surface area contributed by atoms with Crippen LogP contribution in [0.3, 0.4) is 0 Å². The molecule has 0 amide bonds. The van der Waals surface area contributed by atoms with Crippen LogP contribution in [-0.2, 0) is 6.18 Å². The fourth-order valence-corrected chi connectivity index (χ4v) is 2.53. The minimum absolute atomic E-state index is 0.0447. The van der Waals surface area contributed by atoms with Gasteiger partial charge in [-0.3, -0.25) is 4.79 Å². The van der Waals surface area contributed by atoms with E-state index in [1.165, 1.54) is 18.2 Å². The van der Waals surface area contributed by atoms with E-state index < -0.39 is 17.3 Å². The van der Waals surface area contributed by atoms with Crippen LogP contribution in [0.1, 0.15) is 5.56 Å². The molecular weight excluding hydrogens is 305 g/mol. The maximum atomic E-state index is 13.1. The number of halogens is 3. The maximum absolute atomic E-state index is 13.1. The van der Waals surface area contributed by atoms with Gasteiger partial charge in [-0.05, 0) is 29.7 Å². The lowest BCUT2D eigenvalue weighted by atomic mass is 10.0. The molecule has 0 saturated carbocycles. The lowest BCUT2D eigenvalue weighted by molar-refractivity contribution is -0.137. The number of hydrogen-bond donors (Lipinski definition) is 2. The molecule has 0 aliphatic rings. The van der Waals surface area contributed by atoms with Gasteiger partial charge in [-0.2, -0.15) is 13.2 Å². The Balaban J connectivity index is 2.25. The number of nitrogens with one attached hydrogen (secondary N) is 2. The summed E-state index contributed by atoms with van der Waals surface area (Å²) >= 11 is 0. The van der Waals surface area contributed by atoms with E-state index in [0.717, 1.165) is 11.8 Å². The second-order valence-electron chi connectivity index (χ2n) is 5.11. The Labute approximate surface area is 129 Å². The number of benzene rings is 2. The Morgan fingerprint density at radius 2 is 1.78 bits per heavy atom. The predicted octanol–water partition coefficient (Wildman–Crippen LogP) is 4.26. The van der Waals surface area contributed by atoms with Crippen molar-refractivity contribution in [3.63, 3.8) is 0 Å². The van der Waals surface area contributed by atoms with Gasteiger partial charge in [-0.15, -0.1) is 0 Å². The molecule has 6 heteroatoms. The van der Waals surface area contributed by atoms with Crippen LogP contribution in [0.5, 0.6) is 0 Å². The average Bonchev–Trinajstić information content (AvgIpc) is 2.53. The van der Waals surface area contributed by atoms with Crippen molar-refractivity contribution >= 4 is 16.5 Å². The van der Waals surface area contributed by atoms with E-state index in [4.69, 9.17) is 0 Å². The third kappa shape index (κ3) is 2.79. The number of hydrogen-bond acceptors (Lipinski definition) is 2. The Bertz CT molecular complexity index is 929. The molecule has 0 saturated heterocycles. The van der Waals surface area contributed by atoms with Crippen LogP contribution in [0.4, 0.5) is 18.9 Å². The third-order valence-corrected chi connectivity index (χ3v) is 3.66. The highest BCUT2D eigenvalue weighted by Gasteiger charge is 2.33. The van der Waals surface area contributed by atoms with Gasteiger partial charge in [0.05, 0.1) is 5.56 Å². The van der Waals surface area contributed by atoms with Gasteiger partial charge >= 0.3 is 6.18 Å². The van der Waals surface area contributed by atoms with Crippen LogP contribution >= 0.6 is 0 Å². The number of H-pyrrole nitrogens is 1. The average molecular weight is 318 g/mol. The molecule has 0 unspecified atom stereocenters. The van der Waals surface area contributed by atoms with E-state index >= 15 is 0 Å². The van der Waals surface area contributed by atoms with Crippen molar-refractivity contribution in [3.8, 4) is 11.3 Å². The normalized spacial score (nSPS) is 11.7. The number of fused-ring (bicyclic) bond motifs is 1. The highest BCUT2D eigenvalue weighted by molar-refractivity contribution is 5.88. The van der Waals surface area contributed by atoms with Crippen molar-refractivity contribution in [3.05, 3.63) is 64.4 Å². The summed E-state index contributed by atoms with van der Waals surface area (Å²) in [6, 6.07) is 11.9. The molecule has 0 atom stereocenters. The van der Waals surface area contributed by atoms with E-state index in [9.17, 15) is 18.0 Å². The summed E-state index contributed by atoms with van der Waals surface area (Å²) < 4.78 is 39.4. The van der Waals surface area contributed by atoms with Gasteiger partial charge < -0.3 is 10.3 Å². The summed E-state index contributed by atoms with van der Waals surface area (Å²) in [5.41, 5.74) is -0.343. The molecule has 118 valence electrons. The molecule has 1 heterocycles. The number of aromatic amines is 1. The monoisotopic (exact) mass is 318 g/mol. The zero-order valence-corrected chi connectivity index (χ0v) is 12.2. The first kappa shape index (κ1) is 15.1. The van der Waals surface area contributed by atoms with Gasteiger partial charge in [0.2, 0.25) is 0 Å². The summed E-state index contributed by atoms with van der Waals surface area (Å²) in [6.45, 7) is 0. The molecular formula is C17H13F3N2O. The van der Waals surface area contributed by atoms with Crippen LogP contribution in [0, 0.1) is 0 Å². The lowest BCUT2D eigenvalue weighted by Gasteiger charge is -2.13. The minimum Gasteiger partial charge on any atom is -0.388 e. The summed E-state index contributed by atoms with van der Waals surface area (Å²) in [4.78, 5) is 14.8. The molecule has 0 aliphatic heterocycles. The number of pyridine rings is 1. The second kappa shape index (κ2) is 5.46. The molecule has 3 rings (SSSR count). The van der Waals surface area contributed by atoms with E-state index in [2.05, 4.69) is 10.3 Å². The first-order valence-corrected chi connectivity index (χ1v) is 6.91. The zero-order valence-electron chi connectivity index (χ0n) is 12.2. The zero-order chi connectivity index (χ0) is 16.6. The first-order chi connectivity index (χ1) is 10.9. The van der Waals surface area contributed by atoms with E-state index in [-0.39, 0.29) is 11.3 Å². The molecule has 0 aliphatic carbocycles. The van der Waals surface area contributed by atoms with Gasteiger partial charge in [0.1, 0.15) is 0 Å². The molecule has 2 N–H and O–H groups in total. The fourth-order valence-electron chi connectivity index (χ4n) is 2.53. The number of aromatic nitrogens is 1. The second-order valence-corrected chi connectivity index (χ2v) is 5.11. The highest BCUT2D eigenvalue weighted by atomic mass is 19.4. The van der Waals surface area contributed by atoms with Crippen LogP contribution in [-0.4, -0.2) is 12.0 Å². The van der Waals surface area contributed by atoms with E-state index in [0.29, 0.717) is 10.8 Å². The van der Waals surface area contributed by atoms with Crippen LogP contribution in [0.2, 0.25) is 0 Å². The standard InChI is InChI=1S/C17H13F3N2O/c1-21-11-7-6-10-8-15(22-16(23)13(10)9-11)12-4-2-3-5-14(12)17(18,19)20/h2-9,21H,1H3,(H,22,23). The van der Waals surface area contributed by atoms with Crippen molar-refractivity contribution in [1.29, 1.82) is 0 Å². The van der Waals surface area contributed by atoms with Gasteiger partial charge in [-0.1, -0.05) is 24.3 Å². The Hall–Kier alpha value is -2.76. The van der Waals surface area contributed by atoms with Crippen molar-refractivity contribution < 1.29 is 13.2 Å². The van der Waals surface area contributed by atoms with Gasteiger partial charge in [0.25, 0.3) is 5.56 Å². The smallest absolute Gasteiger partial charge is 0.388 e. The maximum Gasteiger partial charge on any atom is 0.417 e. The van der Waals surface area contributed by atoms with Gasteiger partial charge in [0.15, 0.2) is 0 Å². The largest absolute Gasteiger partial charge is 0.417 e. The Morgan fingerprint density at radius 1 is 1.04 bits per heavy atom. The SMILES string of the molecule is CNc1ccc2cc(-c3ccccc3C(F)(F)F)[nH]c(=O)c2c1. The summed E-state index contributed by atoms with van der Waals surface area (Å²) in [6.07, 6.45) is -4.49. The molecule has 3 aromatic rings. The Morgan fingerprint density at radius 3 is 2.48 bits per heavy atom. The topological polar surface area (TPSA) is 44.9 Å². The molecule has 0 radical (unpaired) electrons. The highest BCUT2D eigenvalue weighted by Crippen LogP contribution is 2.36. The summed E-state index contributed by atoms with van der Waals surface area (Å²) in [5.74, 6) is 0. The molecule has 0 spiro atoms. The van der Waals surface area contributed by atoms with E-state index in [1.807, 2.05) is 0 Å². The third-order valence-electron chi connectivity index (χ3n) is 3.66. The molecule has 23 heavy (non-hydrogen) atoms.